The molecule has 0 aromatic heterocycles. The Morgan fingerprint density at radius 1 is 1.50 bits per heavy atom. The number of ether oxygens (including phenoxy) is 1. The molecule has 0 radical (unpaired) electrons. The molecule has 2 rings (SSSR count). The van der Waals surface area contributed by atoms with Crippen LogP contribution in [0.4, 0.5) is 0 Å². The summed E-state index contributed by atoms with van der Waals surface area (Å²) in [7, 11) is 1.46. The highest BCUT2D eigenvalue weighted by Gasteiger charge is 2.57. The second kappa shape index (κ2) is 2.73. The average molecular weight is 169 g/mol. The fourth-order valence-electron chi connectivity index (χ4n) is 2.77. The van der Waals surface area contributed by atoms with Crippen LogP contribution in [0.5, 0.6) is 0 Å². The van der Waals surface area contributed by atoms with E-state index in [0.29, 0.717) is 18.4 Å². The molecule has 2 N–H and O–H groups in total. The van der Waals surface area contributed by atoms with Gasteiger partial charge in [-0.05, 0) is 37.1 Å². The lowest BCUT2D eigenvalue weighted by Gasteiger charge is -2.57. The fourth-order valence-corrected chi connectivity index (χ4v) is 2.77. The molecule has 0 bridgehead atoms. The van der Waals surface area contributed by atoms with E-state index < -0.39 is 0 Å². The van der Waals surface area contributed by atoms with Crippen LogP contribution >= 0.6 is 0 Å². The van der Waals surface area contributed by atoms with Gasteiger partial charge in [0.25, 0.3) is 0 Å². The van der Waals surface area contributed by atoms with Gasteiger partial charge < -0.3 is 10.5 Å². The molecule has 0 saturated heterocycles. The van der Waals surface area contributed by atoms with Crippen LogP contribution < -0.4 is 5.73 Å². The molecule has 2 aliphatic rings. The van der Waals surface area contributed by atoms with Gasteiger partial charge in [-0.3, -0.25) is 4.79 Å². The number of carbonyl (C=O) groups is 1. The summed E-state index contributed by atoms with van der Waals surface area (Å²) in [6, 6.07) is 0. The zero-order chi connectivity index (χ0) is 8.72. The number of rotatable bonds is 2. The maximum atomic E-state index is 11.3. The van der Waals surface area contributed by atoms with Crippen LogP contribution in [-0.4, -0.2) is 19.6 Å². The van der Waals surface area contributed by atoms with Crippen LogP contribution in [0.1, 0.15) is 12.8 Å². The molecule has 2 aliphatic carbocycles. The highest BCUT2D eigenvalue weighted by Crippen LogP contribution is 2.58. The van der Waals surface area contributed by atoms with E-state index in [0.717, 1.165) is 5.92 Å². The van der Waals surface area contributed by atoms with Crippen molar-refractivity contribution in [1.29, 1.82) is 0 Å². The van der Waals surface area contributed by atoms with Crippen molar-refractivity contribution in [3.8, 4) is 0 Å². The molecule has 2 fully saturated rings. The Morgan fingerprint density at radius 3 is 2.58 bits per heavy atom. The maximum absolute atomic E-state index is 11.3. The number of methoxy groups -OCH3 is 1. The van der Waals surface area contributed by atoms with Gasteiger partial charge in [0.05, 0.1) is 13.0 Å². The van der Waals surface area contributed by atoms with E-state index in [2.05, 4.69) is 0 Å². The maximum Gasteiger partial charge on any atom is 0.309 e. The standard InChI is InChI=1S/C9H15NO2/c1-12-9(11)8-6-3-2-5(6)7(8)4-10/h5-8H,2-4,10H2,1H3. The first kappa shape index (κ1) is 8.05. The van der Waals surface area contributed by atoms with Crippen molar-refractivity contribution in [3.63, 3.8) is 0 Å². The van der Waals surface area contributed by atoms with Gasteiger partial charge in [-0.25, -0.2) is 0 Å². The lowest BCUT2D eigenvalue weighted by atomic mass is 9.47. The topological polar surface area (TPSA) is 52.3 Å². The monoisotopic (exact) mass is 169 g/mol. The summed E-state index contributed by atoms with van der Waals surface area (Å²) in [4.78, 5) is 11.3. The molecule has 0 heterocycles. The van der Waals surface area contributed by atoms with E-state index in [1.54, 1.807) is 0 Å². The molecule has 0 aliphatic heterocycles. The van der Waals surface area contributed by atoms with Crippen LogP contribution in [-0.2, 0) is 9.53 Å². The lowest BCUT2D eigenvalue weighted by molar-refractivity contribution is -0.174. The molecule has 4 atom stereocenters. The molecule has 3 nitrogen and oxygen atoms in total. The molecule has 0 aromatic carbocycles. The van der Waals surface area contributed by atoms with Crippen LogP contribution in [0, 0.1) is 23.7 Å². The first-order chi connectivity index (χ1) is 5.79. The van der Waals surface area contributed by atoms with Crippen molar-refractivity contribution in [2.24, 2.45) is 29.4 Å². The Kier molecular flexibility index (Phi) is 1.83. The molecule has 0 spiro atoms. The smallest absolute Gasteiger partial charge is 0.309 e. The highest BCUT2D eigenvalue weighted by molar-refractivity contribution is 5.74. The molecular weight excluding hydrogens is 154 g/mol. The minimum atomic E-state index is -0.0496. The third-order valence-corrected chi connectivity index (χ3v) is 3.60. The minimum absolute atomic E-state index is 0.0496. The summed E-state index contributed by atoms with van der Waals surface area (Å²) >= 11 is 0. The number of hydrogen-bond acceptors (Lipinski definition) is 3. The summed E-state index contributed by atoms with van der Waals surface area (Å²) < 4.78 is 4.74. The van der Waals surface area contributed by atoms with Crippen LogP contribution in [0.2, 0.25) is 0 Å². The summed E-state index contributed by atoms with van der Waals surface area (Å²) in [6.45, 7) is 0.640. The minimum Gasteiger partial charge on any atom is -0.469 e. The highest BCUT2D eigenvalue weighted by atomic mass is 16.5. The van der Waals surface area contributed by atoms with Gasteiger partial charge in [0, 0.05) is 0 Å². The van der Waals surface area contributed by atoms with Crippen LogP contribution in [0.3, 0.4) is 0 Å². The van der Waals surface area contributed by atoms with Crippen molar-refractivity contribution < 1.29 is 9.53 Å². The van der Waals surface area contributed by atoms with Gasteiger partial charge in [-0.1, -0.05) is 0 Å². The van der Waals surface area contributed by atoms with E-state index in [1.165, 1.54) is 20.0 Å². The number of esters is 1. The van der Waals surface area contributed by atoms with Gasteiger partial charge in [-0.15, -0.1) is 0 Å². The molecule has 0 aromatic rings. The second-order valence-electron chi connectivity index (χ2n) is 3.85. The second-order valence-corrected chi connectivity index (χ2v) is 3.85. The quantitative estimate of drug-likeness (QED) is 0.608. The number of hydrogen-bond donors (Lipinski definition) is 1. The van der Waals surface area contributed by atoms with Gasteiger partial charge in [0.1, 0.15) is 0 Å². The number of fused-ring (bicyclic) bond motifs is 1. The van der Waals surface area contributed by atoms with Crippen molar-refractivity contribution >= 4 is 5.97 Å². The van der Waals surface area contributed by atoms with Crippen molar-refractivity contribution in [2.75, 3.05) is 13.7 Å². The first-order valence-electron chi connectivity index (χ1n) is 4.57. The molecule has 68 valence electrons. The van der Waals surface area contributed by atoms with Crippen LogP contribution in [0.15, 0.2) is 0 Å². The summed E-state index contributed by atoms with van der Waals surface area (Å²) in [5.41, 5.74) is 5.60. The van der Waals surface area contributed by atoms with Gasteiger partial charge in [0.2, 0.25) is 0 Å². The molecule has 4 unspecified atom stereocenters. The lowest BCUT2D eigenvalue weighted by Crippen LogP contribution is -2.58. The molecule has 3 heteroatoms. The van der Waals surface area contributed by atoms with Crippen LogP contribution in [0.25, 0.3) is 0 Å². The van der Waals surface area contributed by atoms with Crippen molar-refractivity contribution in [2.45, 2.75) is 12.8 Å². The zero-order valence-corrected chi connectivity index (χ0v) is 7.32. The van der Waals surface area contributed by atoms with Gasteiger partial charge >= 0.3 is 5.97 Å². The molecular formula is C9H15NO2. The normalized spacial score (nSPS) is 43.8. The van der Waals surface area contributed by atoms with Gasteiger partial charge in [0.15, 0.2) is 0 Å². The Morgan fingerprint density at radius 2 is 2.17 bits per heavy atom. The fraction of sp³-hybridized carbons (Fsp3) is 0.889. The molecule has 2 saturated carbocycles. The predicted molar refractivity (Wildman–Crippen MR) is 44.3 cm³/mol. The largest absolute Gasteiger partial charge is 0.469 e. The third kappa shape index (κ3) is 0.829. The molecule has 12 heavy (non-hydrogen) atoms. The first-order valence-corrected chi connectivity index (χ1v) is 4.57. The summed E-state index contributed by atoms with van der Waals surface area (Å²) in [6.07, 6.45) is 2.46. The van der Waals surface area contributed by atoms with E-state index in [4.69, 9.17) is 10.5 Å². The summed E-state index contributed by atoms with van der Waals surface area (Å²) in [5.74, 6) is 1.83. The Hall–Kier alpha value is -0.570. The van der Waals surface area contributed by atoms with Crippen molar-refractivity contribution in [3.05, 3.63) is 0 Å². The van der Waals surface area contributed by atoms with E-state index in [1.807, 2.05) is 0 Å². The van der Waals surface area contributed by atoms with E-state index in [9.17, 15) is 4.79 Å². The van der Waals surface area contributed by atoms with E-state index in [-0.39, 0.29) is 11.9 Å². The molecule has 0 amide bonds. The third-order valence-electron chi connectivity index (χ3n) is 3.60. The SMILES string of the molecule is COC(=O)C1C(CN)C2CCC21. The average Bonchev–Trinajstić information content (AvgIpc) is 2.06. The predicted octanol–water partition coefficient (Wildman–Crippen LogP) is 0.390. The summed E-state index contributed by atoms with van der Waals surface area (Å²) in [5, 5.41) is 0. The number of nitrogens with two attached hydrogens (primary N) is 1. The number of carbonyl (C=O) groups excluding carboxylic acids is 1. The van der Waals surface area contributed by atoms with E-state index >= 15 is 0 Å². The zero-order valence-electron chi connectivity index (χ0n) is 7.32. The van der Waals surface area contributed by atoms with Crippen molar-refractivity contribution in [1.82, 2.24) is 0 Å². The Labute approximate surface area is 72.3 Å². The van der Waals surface area contributed by atoms with Gasteiger partial charge in [-0.2, -0.15) is 0 Å². The Balaban J connectivity index is 2.01. The Bertz CT molecular complexity index is 205.